The smallest absolute Gasteiger partial charge is 0.416 e. The fourth-order valence-corrected chi connectivity index (χ4v) is 2.82. The Morgan fingerprint density at radius 3 is 2.52 bits per heavy atom. The molecule has 0 aromatic heterocycles. The summed E-state index contributed by atoms with van der Waals surface area (Å²) in [6, 6.07) is 3.49. The predicted molar refractivity (Wildman–Crippen MR) is 99.4 cm³/mol. The van der Waals surface area contributed by atoms with Crippen molar-refractivity contribution in [3.05, 3.63) is 54.5 Å². The van der Waals surface area contributed by atoms with Crippen LogP contribution in [0.5, 0.6) is 11.5 Å². The molecular weight excluding hydrogens is 503 g/mol. The number of benzene rings is 2. The number of alkyl halides is 3. The Hall–Kier alpha value is -2.34. The number of nitro benzene ring substituents is 1. The molecule has 12 heteroatoms. The molecule has 2 aromatic carbocycles. The third-order valence-electron chi connectivity index (χ3n) is 3.30. The monoisotopic (exact) mass is 511 g/mol. The van der Waals surface area contributed by atoms with Crippen molar-refractivity contribution in [2.75, 3.05) is 12.5 Å². The van der Waals surface area contributed by atoms with E-state index in [1.165, 1.54) is 19.4 Å². The maximum absolute atomic E-state index is 12.7. The van der Waals surface area contributed by atoms with Gasteiger partial charge in [-0.15, -0.1) is 0 Å². The number of rotatable bonds is 5. The molecule has 0 spiro atoms. The molecule has 144 valence electrons. The molecule has 0 aliphatic carbocycles. The molecule has 7 nitrogen and oxygen atoms in total. The average Bonchev–Trinajstić information content (AvgIpc) is 2.60. The first kappa shape index (κ1) is 21.0. The molecular formula is C15H10Br2F3N3O4. The SMILES string of the molecule is COc1cc(/C=N\Nc2ccc(C(F)(F)F)cc2[N+](=O)[O-])c(Br)c(Br)c1O. The van der Waals surface area contributed by atoms with E-state index in [2.05, 4.69) is 42.4 Å². The lowest BCUT2D eigenvalue weighted by atomic mass is 10.1. The van der Waals surface area contributed by atoms with Crippen molar-refractivity contribution >= 4 is 49.4 Å². The van der Waals surface area contributed by atoms with E-state index in [-0.39, 0.29) is 17.2 Å². The van der Waals surface area contributed by atoms with E-state index in [1.807, 2.05) is 0 Å². The summed E-state index contributed by atoms with van der Waals surface area (Å²) >= 11 is 6.40. The molecule has 2 aromatic rings. The summed E-state index contributed by atoms with van der Waals surface area (Å²) in [5.41, 5.74) is 0.641. The lowest BCUT2D eigenvalue weighted by Gasteiger charge is -2.10. The number of hydrogen-bond acceptors (Lipinski definition) is 6. The van der Waals surface area contributed by atoms with Crippen LogP contribution in [0.2, 0.25) is 0 Å². The van der Waals surface area contributed by atoms with Gasteiger partial charge in [0.2, 0.25) is 0 Å². The fourth-order valence-electron chi connectivity index (χ4n) is 1.99. The van der Waals surface area contributed by atoms with Crippen LogP contribution in [0.3, 0.4) is 0 Å². The third kappa shape index (κ3) is 4.69. The molecule has 0 atom stereocenters. The highest BCUT2D eigenvalue weighted by Gasteiger charge is 2.33. The van der Waals surface area contributed by atoms with Gasteiger partial charge in [-0.25, -0.2) is 0 Å². The maximum atomic E-state index is 12.7. The van der Waals surface area contributed by atoms with Crippen molar-refractivity contribution in [3.8, 4) is 11.5 Å². The molecule has 0 aliphatic rings. The van der Waals surface area contributed by atoms with Crippen LogP contribution < -0.4 is 10.2 Å². The zero-order chi connectivity index (χ0) is 20.4. The highest BCUT2D eigenvalue weighted by molar-refractivity contribution is 9.13. The number of ether oxygens (including phenoxy) is 1. The van der Waals surface area contributed by atoms with Crippen LogP contribution in [0.25, 0.3) is 0 Å². The minimum Gasteiger partial charge on any atom is -0.503 e. The highest BCUT2D eigenvalue weighted by atomic mass is 79.9. The summed E-state index contributed by atoms with van der Waals surface area (Å²) in [5, 5.41) is 24.7. The number of halogens is 5. The van der Waals surface area contributed by atoms with E-state index in [4.69, 9.17) is 4.74 Å². The molecule has 0 heterocycles. The van der Waals surface area contributed by atoms with Crippen LogP contribution in [0.4, 0.5) is 24.5 Å². The van der Waals surface area contributed by atoms with Crippen molar-refractivity contribution in [3.63, 3.8) is 0 Å². The molecule has 0 aliphatic heterocycles. The number of methoxy groups -OCH3 is 1. The van der Waals surface area contributed by atoms with Gasteiger partial charge in [-0.05, 0) is 50.1 Å². The van der Waals surface area contributed by atoms with Gasteiger partial charge in [0.05, 0.1) is 28.3 Å². The Morgan fingerprint density at radius 2 is 1.96 bits per heavy atom. The Bertz CT molecular complexity index is 920. The predicted octanol–water partition coefficient (Wildman–Crippen LogP) is 5.30. The highest BCUT2D eigenvalue weighted by Crippen LogP contribution is 2.41. The zero-order valence-electron chi connectivity index (χ0n) is 13.3. The maximum Gasteiger partial charge on any atom is 0.416 e. The van der Waals surface area contributed by atoms with Crippen LogP contribution in [-0.2, 0) is 6.18 Å². The summed E-state index contributed by atoms with van der Waals surface area (Å²) in [7, 11) is 1.35. The van der Waals surface area contributed by atoms with Crippen LogP contribution in [0.1, 0.15) is 11.1 Å². The Morgan fingerprint density at radius 1 is 1.30 bits per heavy atom. The summed E-state index contributed by atoms with van der Waals surface area (Å²) in [5.74, 6) is -0.0000952. The fraction of sp³-hybridized carbons (Fsp3) is 0.133. The topological polar surface area (TPSA) is 97.0 Å². The second kappa shape index (κ2) is 8.13. The van der Waals surface area contributed by atoms with Gasteiger partial charge in [0.15, 0.2) is 11.5 Å². The Balaban J connectivity index is 2.34. The first-order valence-electron chi connectivity index (χ1n) is 6.96. The van der Waals surface area contributed by atoms with E-state index >= 15 is 0 Å². The number of phenolic OH excluding ortho intramolecular Hbond substituents is 1. The van der Waals surface area contributed by atoms with E-state index in [9.17, 15) is 28.4 Å². The number of nitrogens with one attached hydrogen (secondary N) is 1. The van der Waals surface area contributed by atoms with Crippen LogP contribution in [0, 0.1) is 10.1 Å². The van der Waals surface area contributed by atoms with Gasteiger partial charge in [-0.3, -0.25) is 15.5 Å². The van der Waals surface area contributed by atoms with E-state index in [1.54, 1.807) is 0 Å². The zero-order valence-corrected chi connectivity index (χ0v) is 16.5. The first-order chi connectivity index (χ1) is 12.6. The number of anilines is 1. The summed E-state index contributed by atoms with van der Waals surface area (Å²) in [6.45, 7) is 0. The van der Waals surface area contributed by atoms with Crippen LogP contribution in [-0.4, -0.2) is 23.4 Å². The quantitative estimate of drug-likeness (QED) is 0.322. The van der Waals surface area contributed by atoms with Crippen molar-refractivity contribution in [2.24, 2.45) is 5.10 Å². The van der Waals surface area contributed by atoms with Gasteiger partial charge in [0, 0.05) is 16.1 Å². The molecule has 0 saturated heterocycles. The van der Waals surface area contributed by atoms with E-state index < -0.39 is 22.4 Å². The molecule has 27 heavy (non-hydrogen) atoms. The van der Waals surface area contributed by atoms with E-state index in [0.717, 1.165) is 6.07 Å². The van der Waals surface area contributed by atoms with Crippen molar-refractivity contribution in [2.45, 2.75) is 6.18 Å². The van der Waals surface area contributed by atoms with Gasteiger partial charge in [-0.1, -0.05) is 0 Å². The van der Waals surface area contributed by atoms with Crippen LogP contribution >= 0.6 is 31.9 Å². The molecule has 0 fully saturated rings. The Labute approximate surface area is 167 Å². The third-order valence-corrected chi connectivity index (χ3v) is 5.46. The van der Waals surface area contributed by atoms with Gasteiger partial charge in [0.25, 0.3) is 5.69 Å². The number of nitrogens with zero attached hydrogens (tertiary/aromatic N) is 2. The first-order valence-corrected chi connectivity index (χ1v) is 8.54. The molecule has 0 saturated carbocycles. The molecule has 0 amide bonds. The lowest BCUT2D eigenvalue weighted by molar-refractivity contribution is -0.384. The number of phenols is 1. The minimum atomic E-state index is -4.70. The second-order valence-electron chi connectivity index (χ2n) is 5.00. The van der Waals surface area contributed by atoms with Gasteiger partial charge in [-0.2, -0.15) is 18.3 Å². The van der Waals surface area contributed by atoms with E-state index in [0.29, 0.717) is 26.6 Å². The summed E-state index contributed by atoms with van der Waals surface area (Å²) in [4.78, 5) is 10.1. The second-order valence-corrected chi connectivity index (χ2v) is 6.59. The summed E-state index contributed by atoms with van der Waals surface area (Å²) < 4.78 is 43.8. The van der Waals surface area contributed by atoms with Gasteiger partial charge >= 0.3 is 6.18 Å². The average molecular weight is 513 g/mol. The molecule has 0 radical (unpaired) electrons. The van der Waals surface area contributed by atoms with Gasteiger partial charge in [0.1, 0.15) is 5.69 Å². The molecule has 0 bridgehead atoms. The normalized spacial score (nSPS) is 11.6. The molecule has 2 N–H and O–H groups in total. The lowest BCUT2D eigenvalue weighted by Crippen LogP contribution is -2.06. The minimum absolute atomic E-state index is 0.145. The number of hydrazone groups is 1. The van der Waals surface area contributed by atoms with Gasteiger partial charge < -0.3 is 9.84 Å². The molecule has 0 unspecified atom stereocenters. The number of nitro groups is 1. The van der Waals surface area contributed by atoms with Crippen LogP contribution in [0.15, 0.2) is 38.3 Å². The Kier molecular flexibility index (Phi) is 6.31. The molecule has 2 rings (SSSR count). The number of aromatic hydroxyl groups is 1. The van der Waals surface area contributed by atoms with Crippen molar-refractivity contribution in [1.29, 1.82) is 0 Å². The summed E-state index contributed by atoms with van der Waals surface area (Å²) in [6.07, 6.45) is -3.45. The largest absolute Gasteiger partial charge is 0.503 e. The standard InChI is InChI=1S/C15H10Br2F3N3O4/c1-27-11-4-7(12(16)13(17)14(11)24)6-21-22-9-3-2-8(15(18,19)20)5-10(9)23(25)26/h2-6,22,24H,1H3/b21-6-. The van der Waals surface area contributed by atoms with Crippen molar-refractivity contribution in [1.82, 2.24) is 0 Å². The van der Waals surface area contributed by atoms with Crippen molar-refractivity contribution < 1.29 is 27.9 Å². The number of hydrogen-bond donors (Lipinski definition) is 2.